The van der Waals surface area contributed by atoms with Gasteiger partial charge >= 0.3 is 5.97 Å². The number of aliphatic carboxylic acids is 1. The zero-order valence-electron chi connectivity index (χ0n) is 18.7. The van der Waals surface area contributed by atoms with Gasteiger partial charge in [0.15, 0.2) is 4.34 Å². The number of rotatable bonds is 10. The van der Waals surface area contributed by atoms with Crippen molar-refractivity contribution in [2.24, 2.45) is 0 Å². The van der Waals surface area contributed by atoms with E-state index in [4.69, 9.17) is 33.0 Å². The zero-order valence-corrected chi connectivity index (χ0v) is 22.6. The van der Waals surface area contributed by atoms with Crippen LogP contribution in [0.2, 0.25) is 10.0 Å². The topological polar surface area (TPSA) is 121 Å². The first-order chi connectivity index (χ1) is 16.2. The Balaban J connectivity index is 0.00000432. The van der Waals surface area contributed by atoms with Crippen LogP contribution in [0, 0.1) is 0 Å². The molecular weight excluding hydrogens is 559 g/mol. The molecular formula is C21H25Cl3N4O5S2. The predicted molar refractivity (Wildman–Crippen MR) is 139 cm³/mol. The fraction of sp³-hybridized carbons (Fsp3) is 0.429. The molecule has 1 aromatic carbocycles. The summed E-state index contributed by atoms with van der Waals surface area (Å²) in [5, 5.41) is 16.7. The van der Waals surface area contributed by atoms with Crippen molar-refractivity contribution in [3.05, 3.63) is 44.9 Å². The summed E-state index contributed by atoms with van der Waals surface area (Å²) in [6.07, 6.45) is -0.128. The summed E-state index contributed by atoms with van der Waals surface area (Å²) in [4.78, 5) is 41.5. The number of carboxylic acids is 1. The number of nitrogens with zero attached hydrogens (tertiary/aromatic N) is 2. The summed E-state index contributed by atoms with van der Waals surface area (Å²) in [6, 6.07) is 4.56. The maximum absolute atomic E-state index is 12.3. The molecule has 2 amide bonds. The van der Waals surface area contributed by atoms with E-state index in [-0.39, 0.29) is 35.9 Å². The van der Waals surface area contributed by atoms with Gasteiger partial charge in [-0.05, 0) is 24.6 Å². The smallest absolute Gasteiger partial charge is 0.325 e. The highest BCUT2D eigenvalue weighted by atomic mass is 35.5. The lowest BCUT2D eigenvalue weighted by Gasteiger charge is -2.33. The number of halogens is 3. The lowest BCUT2D eigenvalue weighted by molar-refractivity contribution is -0.138. The number of carbonyl (C=O) groups excluding carboxylic acids is 2. The Morgan fingerprint density at radius 2 is 2.11 bits per heavy atom. The summed E-state index contributed by atoms with van der Waals surface area (Å²) < 4.78 is 6.32. The summed E-state index contributed by atoms with van der Waals surface area (Å²) >= 11 is 14.5. The minimum atomic E-state index is -1.13. The highest BCUT2D eigenvalue weighted by molar-refractivity contribution is 8.01. The van der Waals surface area contributed by atoms with Crippen molar-refractivity contribution in [1.29, 1.82) is 0 Å². The van der Waals surface area contributed by atoms with Crippen LogP contribution in [0.5, 0.6) is 0 Å². The number of aromatic nitrogens is 1. The second kappa shape index (κ2) is 14.2. The molecule has 3 N–H and O–H groups in total. The third-order valence-electron chi connectivity index (χ3n) is 4.90. The van der Waals surface area contributed by atoms with Crippen LogP contribution < -0.4 is 10.6 Å². The highest BCUT2D eigenvalue weighted by Crippen LogP contribution is 2.24. The molecule has 0 bridgehead atoms. The maximum atomic E-state index is 12.3. The van der Waals surface area contributed by atoms with E-state index in [1.54, 1.807) is 6.07 Å². The van der Waals surface area contributed by atoms with Crippen molar-refractivity contribution in [1.82, 2.24) is 20.5 Å². The Labute approximate surface area is 227 Å². The van der Waals surface area contributed by atoms with E-state index in [2.05, 4.69) is 20.5 Å². The molecule has 1 aromatic heterocycles. The fourth-order valence-corrected chi connectivity index (χ4v) is 5.07. The maximum Gasteiger partial charge on any atom is 0.325 e. The Morgan fingerprint density at radius 3 is 2.83 bits per heavy atom. The van der Waals surface area contributed by atoms with Crippen LogP contribution in [0.15, 0.2) is 27.9 Å². The zero-order chi connectivity index (χ0) is 24.7. The molecule has 0 radical (unpaired) electrons. The molecule has 2 atom stereocenters. The van der Waals surface area contributed by atoms with Crippen molar-refractivity contribution in [2.75, 3.05) is 32.0 Å². The lowest BCUT2D eigenvalue weighted by atomic mass is 10.2. The largest absolute Gasteiger partial charge is 0.480 e. The Kier molecular flexibility index (Phi) is 12.0. The lowest BCUT2D eigenvalue weighted by Crippen LogP contribution is -2.47. The first kappa shape index (κ1) is 29.6. The quantitative estimate of drug-likeness (QED) is 0.365. The third-order valence-corrected chi connectivity index (χ3v) is 7.66. The van der Waals surface area contributed by atoms with E-state index >= 15 is 0 Å². The average molecular weight is 584 g/mol. The molecule has 1 aliphatic rings. The second-order valence-electron chi connectivity index (χ2n) is 7.60. The van der Waals surface area contributed by atoms with Crippen molar-refractivity contribution in [3.63, 3.8) is 0 Å². The van der Waals surface area contributed by atoms with Crippen LogP contribution in [0.3, 0.4) is 0 Å². The first-order valence-electron chi connectivity index (χ1n) is 10.4. The number of thiazole rings is 1. The number of hydrogen-bond acceptors (Lipinski definition) is 8. The molecule has 1 saturated heterocycles. The Hall–Kier alpha value is -1.60. The molecule has 35 heavy (non-hydrogen) atoms. The van der Waals surface area contributed by atoms with Crippen molar-refractivity contribution >= 4 is 76.5 Å². The average Bonchev–Trinajstić information content (AvgIpc) is 3.28. The van der Waals surface area contributed by atoms with Gasteiger partial charge in [0.25, 0.3) is 5.91 Å². The first-order valence-corrected chi connectivity index (χ1v) is 13.0. The van der Waals surface area contributed by atoms with E-state index < -0.39 is 17.9 Å². The van der Waals surface area contributed by atoms with E-state index in [1.807, 2.05) is 12.1 Å². The third kappa shape index (κ3) is 9.41. The standard InChI is InChI=1S/C21H24Cl2N4O5S2.ClH/c1-12(20(30)31)25-19(29)17-10-33-21(26-17)34-11-18(28)24-7-14-9-27(4-5-32-14)8-13-2-3-15(22)16(23)6-13;/h2-3,6,10,12,14H,4-5,7-9,11H2,1H3,(H,24,28)(H,25,29)(H,30,31);1H/t12-,14?;/m0./s1. The molecule has 2 heterocycles. The number of carbonyl (C=O) groups is 3. The summed E-state index contributed by atoms with van der Waals surface area (Å²) in [7, 11) is 0. The van der Waals surface area contributed by atoms with Gasteiger partial charge in [-0.15, -0.1) is 23.7 Å². The summed E-state index contributed by atoms with van der Waals surface area (Å²) in [5.41, 5.74) is 1.18. The van der Waals surface area contributed by atoms with Crippen molar-refractivity contribution < 1.29 is 24.2 Å². The SMILES string of the molecule is C[C@H](NC(=O)c1csc(SCC(=O)NCC2CN(Cc3ccc(Cl)c(Cl)c3)CCO2)n1)C(=O)O.Cl. The van der Waals surface area contributed by atoms with Crippen LogP contribution in [-0.4, -0.2) is 76.9 Å². The van der Waals surface area contributed by atoms with Crippen LogP contribution in [0.1, 0.15) is 23.0 Å². The van der Waals surface area contributed by atoms with Gasteiger partial charge in [0.05, 0.1) is 28.5 Å². The normalized spacial score (nSPS) is 16.7. The minimum Gasteiger partial charge on any atom is -0.480 e. The van der Waals surface area contributed by atoms with E-state index in [0.29, 0.717) is 40.6 Å². The molecule has 9 nitrogen and oxygen atoms in total. The second-order valence-corrected chi connectivity index (χ2v) is 10.5. The monoisotopic (exact) mass is 582 g/mol. The number of benzene rings is 1. The van der Waals surface area contributed by atoms with Gasteiger partial charge in [-0.2, -0.15) is 0 Å². The number of morpholine rings is 1. The molecule has 2 aromatic rings. The van der Waals surface area contributed by atoms with Gasteiger partial charge < -0.3 is 20.5 Å². The van der Waals surface area contributed by atoms with Gasteiger partial charge in [-0.3, -0.25) is 19.3 Å². The molecule has 14 heteroatoms. The highest BCUT2D eigenvalue weighted by Gasteiger charge is 2.22. The molecule has 3 rings (SSSR count). The van der Waals surface area contributed by atoms with Gasteiger partial charge in [0.1, 0.15) is 11.7 Å². The van der Waals surface area contributed by atoms with E-state index in [1.165, 1.54) is 35.4 Å². The molecule has 1 fully saturated rings. The van der Waals surface area contributed by atoms with Gasteiger partial charge in [0, 0.05) is 31.6 Å². The summed E-state index contributed by atoms with van der Waals surface area (Å²) in [5.74, 6) is -1.73. The minimum absolute atomic E-state index is 0. The number of thioether (sulfide) groups is 1. The number of nitrogens with one attached hydrogen (secondary N) is 2. The molecule has 0 aliphatic carbocycles. The van der Waals surface area contributed by atoms with Gasteiger partial charge in [-0.25, -0.2) is 4.98 Å². The van der Waals surface area contributed by atoms with Crippen molar-refractivity contribution in [2.45, 2.75) is 30.0 Å². The number of ether oxygens (including phenoxy) is 1. The molecule has 1 aliphatic heterocycles. The van der Waals surface area contributed by atoms with Crippen LogP contribution >= 0.6 is 58.7 Å². The molecule has 1 unspecified atom stereocenters. The van der Waals surface area contributed by atoms with Crippen LogP contribution in [-0.2, 0) is 20.9 Å². The molecule has 0 spiro atoms. The summed E-state index contributed by atoms with van der Waals surface area (Å²) in [6.45, 7) is 4.50. The Morgan fingerprint density at radius 1 is 1.34 bits per heavy atom. The number of carboxylic acid groups (broad SMARTS) is 1. The number of hydrogen-bond donors (Lipinski definition) is 3. The van der Waals surface area contributed by atoms with E-state index in [0.717, 1.165) is 12.1 Å². The van der Waals surface area contributed by atoms with Gasteiger partial charge in [-0.1, -0.05) is 41.0 Å². The predicted octanol–water partition coefficient (Wildman–Crippen LogP) is 3.18. The van der Waals surface area contributed by atoms with Crippen LogP contribution in [0.25, 0.3) is 0 Å². The number of amides is 2. The van der Waals surface area contributed by atoms with Gasteiger partial charge in [0.2, 0.25) is 5.91 Å². The van der Waals surface area contributed by atoms with Crippen molar-refractivity contribution in [3.8, 4) is 0 Å². The van der Waals surface area contributed by atoms with E-state index in [9.17, 15) is 14.4 Å². The Bertz CT molecular complexity index is 1040. The molecule has 0 saturated carbocycles. The fourth-order valence-electron chi connectivity index (χ4n) is 3.11. The van der Waals surface area contributed by atoms with Crippen LogP contribution in [0.4, 0.5) is 0 Å². The molecule has 192 valence electrons.